The van der Waals surface area contributed by atoms with Crippen LogP contribution in [0.3, 0.4) is 0 Å². The number of halogens is 2. The molecule has 0 aromatic heterocycles. The Morgan fingerprint density at radius 2 is 0.917 bits per heavy atom. The standard InChI is InChI=1S/2C20H31SSi.2ClH.2Ti/c2*1-16(2)21-20(22(6,7)17-12-8-9-13-17)15-11-10-14-18(20)19(3,4)5;;;;/h2*8,10-12,14,16H,9,15H2,1-7H3;2*1H;;/q2*-1;;;2*+2/p-2. The van der Waals surface area contributed by atoms with E-state index in [2.05, 4.69) is 192 Å². The molecule has 0 saturated heterocycles. The fourth-order valence-corrected chi connectivity index (χ4v) is 21.6. The maximum Gasteiger partial charge on any atom is 2.00 e. The summed E-state index contributed by atoms with van der Waals surface area (Å²) in [5.74, 6) is 0. The summed E-state index contributed by atoms with van der Waals surface area (Å²) >= 11 is 4.40. The molecular weight excluding hydrogens is 767 g/mol. The molecule has 0 aromatic rings. The maximum absolute atomic E-state index is 3.67. The van der Waals surface area contributed by atoms with Gasteiger partial charge in [-0.1, -0.05) is 143 Å². The molecule has 4 rings (SSSR count). The van der Waals surface area contributed by atoms with Gasteiger partial charge in [-0.25, -0.2) is 22.5 Å². The first kappa shape index (κ1) is 51.2. The molecule has 0 fully saturated rings. The summed E-state index contributed by atoms with van der Waals surface area (Å²) in [7, 11) is -3.39. The van der Waals surface area contributed by atoms with Gasteiger partial charge in [0, 0.05) is 8.74 Å². The van der Waals surface area contributed by atoms with Gasteiger partial charge in [0.1, 0.15) is 0 Å². The quantitative estimate of drug-likeness (QED) is 0.201. The van der Waals surface area contributed by atoms with E-state index in [0.717, 1.165) is 25.7 Å². The summed E-state index contributed by atoms with van der Waals surface area (Å²) in [4.78, 5) is 0. The summed E-state index contributed by atoms with van der Waals surface area (Å²) in [5, 5.41) is 4.31. The van der Waals surface area contributed by atoms with Crippen LogP contribution in [0, 0.1) is 23.0 Å². The normalized spacial score (nSPS) is 23.5. The molecule has 4 aliphatic rings. The second-order valence-electron chi connectivity index (χ2n) is 16.6. The predicted molar refractivity (Wildman–Crippen MR) is 209 cm³/mol. The van der Waals surface area contributed by atoms with E-state index in [-0.39, 0.29) is 87.8 Å². The van der Waals surface area contributed by atoms with Gasteiger partial charge in [0.05, 0.1) is 16.1 Å². The fourth-order valence-electron chi connectivity index (χ4n) is 7.61. The van der Waals surface area contributed by atoms with Crippen molar-refractivity contribution in [3.63, 3.8) is 0 Å². The molecule has 0 saturated carbocycles. The van der Waals surface area contributed by atoms with Gasteiger partial charge >= 0.3 is 43.4 Å². The Bertz CT molecular complexity index is 1200. The van der Waals surface area contributed by atoms with E-state index in [9.17, 15) is 0 Å². The zero-order valence-corrected chi connectivity index (χ0v) is 40.6. The van der Waals surface area contributed by atoms with Crippen LogP contribution in [0.25, 0.3) is 0 Å². The molecule has 2 unspecified atom stereocenters. The zero-order valence-electron chi connectivity index (χ0n) is 32.3. The van der Waals surface area contributed by atoms with Gasteiger partial charge in [0.2, 0.25) is 0 Å². The van der Waals surface area contributed by atoms with Crippen LogP contribution < -0.4 is 24.8 Å². The van der Waals surface area contributed by atoms with Crippen LogP contribution in [-0.2, 0) is 43.4 Å². The molecule has 0 heterocycles. The van der Waals surface area contributed by atoms with Crippen LogP contribution in [0.4, 0.5) is 0 Å². The second kappa shape index (κ2) is 19.9. The topological polar surface area (TPSA) is 0 Å². The van der Waals surface area contributed by atoms with Crippen LogP contribution >= 0.6 is 23.5 Å². The van der Waals surface area contributed by atoms with E-state index in [1.54, 1.807) is 11.1 Å². The molecule has 0 aliphatic heterocycles. The largest absolute Gasteiger partial charge is 2.00 e. The molecule has 0 aromatic carbocycles. The Morgan fingerprint density at radius 3 is 1.15 bits per heavy atom. The third-order valence-corrected chi connectivity index (χ3v) is 24.4. The van der Waals surface area contributed by atoms with Crippen molar-refractivity contribution in [1.82, 2.24) is 0 Å². The first-order valence-corrected chi connectivity index (χ1v) is 24.7. The molecule has 48 heavy (non-hydrogen) atoms. The molecule has 0 N–H and O–H groups in total. The Morgan fingerprint density at radius 1 is 0.604 bits per heavy atom. The predicted octanol–water partition coefficient (Wildman–Crippen LogP) is 6.55. The van der Waals surface area contributed by atoms with Crippen molar-refractivity contribution in [3.05, 3.63) is 94.5 Å². The third-order valence-electron chi connectivity index (χ3n) is 9.72. The van der Waals surface area contributed by atoms with Gasteiger partial charge in [-0.2, -0.15) is 35.7 Å². The van der Waals surface area contributed by atoms with Crippen molar-refractivity contribution >= 4 is 39.7 Å². The first-order valence-electron chi connectivity index (χ1n) is 16.9. The van der Waals surface area contributed by atoms with E-state index < -0.39 is 16.1 Å². The SMILES string of the molecule is CC(C)SC1([Si](C)(C)C2=[C-]CC=C2)CC=CC=C1C(C)(C)C.CC(C)SC1([Si](C)(C)C2=[C-]CC=C2)CC=CC=C1C(C)(C)C.[Cl-].[Cl-].[Ti+2].[Ti+2]. The molecule has 2 atom stereocenters. The van der Waals surface area contributed by atoms with Crippen molar-refractivity contribution < 1.29 is 68.2 Å². The minimum absolute atomic E-state index is 0. The molecule has 264 valence electrons. The van der Waals surface area contributed by atoms with Crippen LogP contribution in [0.5, 0.6) is 0 Å². The molecule has 0 nitrogen and oxygen atoms in total. The van der Waals surface area contributed by atoms with Gasteiger partial charge in [0.15, 0.2) is 0 Å². The Kier molecular flexibility index (Phi) is 21.3. The van der Waals surface area contributed by atoms with Crippen LogP contribution in [-0.4, -0.2) is 35.4 Å². The van der Waals surface area contributed by atoms with E-state index in [0.29, 0.717) is 10.5 Å². The van der Waals surface area contributed by atoms with Crippen LogP contribution in [0.2, 0.25) is 26.2 Å². The number of hydrogen-bond donors (Lipinski definition) is 0. The van der Waals surface area contributed by atoms with E-state index in [4.69, 9.17) is 0 Å². The van der Waals surface area contributed by atoms with E-state index >= 15 is 0 Å². The molecule has 0 radical (unpaired) electrons. The van der Waals surface area contributed by atoms with Crippen molar-refractivity contribution in [1.29, 1.82) is 0 Å². The first-order chi connectivity index (χ1) is 20.2. The maximum atomic E-state index is 3.67. The van der Waals surface area contributed by atoms with E-state index in [1.165, 1.54) is 10.4 Å². The van der Waals surface area contributed by atoms with Crippen molar-refractivity contribution in [2.45, 2.75) is 140 Å². The summed E-state index contributed by atoms with van der Waals surface area (Å²) in [5.41, 5.74) is 3.68. The van der Waals surface area contributed by atoms with Gasteiger partial charge in [-0.15, -0.1) is 12.8 Å². The zero-order chi connectivity index (χ0) is 33.2. The smallest absolute Gasteiger partial charge is 1.00 e. The Labute approximate surface area is 350 Å². The summed E-state index contributed by atoms with van der Waals surface area (Å²) < 4.78 is 0.482. The fraction of sp³-hybridized carbons (Fsp3) is 0.600. The Hall–Kier alpha value is 1.06. The van der Waals surface area contributed by atoms with Crippen LogP contribution in [0.15, 0.2) is 82.3 Å². The average Bonchev–Trinajstić information content (AvgIpc) is 3.63. The molecular formula is C40H62Cl2S2Si2Ti2. The summed E-state index contributed by atoms with van der Waals surface area (Å²) in [6.07, 6.45) is 35.1. The van der Waals surface area contributed by atoms with E-state index in [1.807, 2.05) is 0 Å². The summed E-state index contributed by atoms with van der Waals surface area (Å²) in [6.45, 7) is 33.9. The second-order valence-corrected chi connectivity index (χ2v) is 30.3. The number of thioether (sulfide) groups is 2. The van der Waals surface area contributed by atoms with Gasteiger partial charge < -0.3 is 24.8 Å². The molecule has 8 heteroatoms. The van der Waals surface area contributed by atoms with Crippen molar-refractivity contribution in [3.8, 4) is 0 Å². The van der Waals surface area contributed by atoms with Gasteiger partial charge in [0.25, 0.3) is 0 Å². The van der Waals surface area contributed by atoms with Crippen LogP contribution in [0.1, 0.15) is 94.9 Å². The van der Waals surface area contributed by atoms with Crippen molar-refractivity contribution in [2.75, 3.05) is 0 Å². The van der Waals surface area contributed by atoms with Gasteiger partial charge in [-0.05, 0) is 34.2 Å². The average molecular weight is 830 g/mol. The minimum Gasteiger partial charge on any atom is -1.00 e. The molecule has 0 amide bonds. The van der Waals surface area contributed by atoms with Gasteiger partial charge in [-0.3, -0.25) is 12.2 Å². The number of rotatable bonds is 8. The number of allylic oxidation sites excluding steroid dienone is 14. The number of hydrogen-bond acceptors (Lipinski definition) is 2. The Balaban J connectivity index is 0. The third kappa shape index (κ3) is 11.0. The monoisotopic (exact) mass is 828 g/mol. The van der Waals surface area contributed by atoms with Crippen molar-refractivity contribution in [2.24, 2.45) is 10.8 Å². The molecule has 4 aliphatic carbocycles. The molecule has 0 spiro atoms. The molecule has 0 bridgehead atoms. The minimum atomic E-state index is -1.69. The summed E-state index contributed by atoms with van der Waals surface area (Å²) in [6, 6.07) is 0.